The zero-order valence-corrected chi connectivity index (χ0v) is 9.36. The maximum atomic E-state index is 11.3. The summed E-state index contributed by atoms with van der Waals surface area (Å²) in [6.07, 6.45) is 3.58. The normalized spacial score (nSPS) is 18.2. The van der Waals surface area contributed by atoms with Crippen molar-refractivity contribution < 1.29 is 9.59 Å². The summed E-state index contributed by atoms with van der Waals surface area (Å²) in [4.78, 5) is 22.2. The summed E-state index contributed by atoms with van der Waals surface area (Å²) in [6.45, 7) is 1.87. The van der Waals surface area contributed by atoms with Crippen molar-refractivity contribution in [3.05, 3.63) is 53.2 Å². The molecule has 1 aromatic rings. The molecule has 1 fully saturated rings. The number of carbonyl (C=O) groups is 2. The van der Waals surface area contributed by atoms with Crippen molar-refractivity contribution in [1.82, 2.24) is 10.6 Å². The van der Waals surface area contributed by atoms with Gasteiger partial charge in [0.05, 0.1) is 0 Å². The Bertz CT molecular complexity index is 515. The van der Waals surface area contributed by atoms with Gasteiger partial charge in [0.15, 0.2) is 0 Å². The Morgan fingerprint density at radius 1 is 1.12 bits per heavy atom. The molecule has 0 bridgehead atoms. The Balaban J connectivity index is 2.19. The van der Waals surface area contributed by atoms with Crippen LogP contribution >= 0.6 is 0 Å². The van der Waals surface area contributed by atoms with Crippen LogP contribution in [0.1, 0.15) is 12.5 Å². The van der Waals surface area contributed by atoms with Crippen LogP contribution in [0, 0.1) is 0 Å². The summed E-state index contributed by atoms with van der Waals surface area (Å²) < 4.78 is 0. The first-order valence-electron chi connectivity index (χ1n) is 5.22. The monoisotopic (exact) mass is 228 g/mol. The van der Waals surface area contributed by atoms with Crippen molar-refractivity contribution in [1.29, 1.82) is 0 Å². The van der Waals surface area contributed by atoms with E-state index < -0.39 is 11.9 Å². The van der Waals surface area contributed by atoms with E-state index in [9.17, 15) is 9.59 Å². The second-order valence-corrected chi connectivity index (χ2v) is 3.77. The van der Waals surface area contributed by atoms with Crippen molar-refractivity contribution in [2.45, 2.75) is 6.92 Å². The molecule has 0 unspecified atom stereocenters. The highest BCUT2D eigenvalue weighted by atomic mass is 16.2. The number of urea groups is 1. The van der Waals surface area contributed by atoms with Gasteiger partial charge < -0.3 is 5.32 Å². The highest BCUT2D eigenvalue weighted by molar-refractivity contribution is 6.11. The van der Waals surface area contributed by atoms with Gasteiger partial charge >= 0.3 is 6.03 Å². The molecule has 0 atom stereocenters. The number of benzene rings is 1. The zero-order valence-electron chi connectivity index (χ0n) is 9.36. The lowest BCUT2D eigenvalue weighted by Crippen LogP contribution is -2.22. The quantitative estimate of drug-likeness (QED) is 0.599. The lowest BCUT2D eigenvalue weighted by atomic mass is 10.1. The SMILES string of the molecule is CC(=Cc1ccccc1)/C=C1/NC(=O)NC1=O. The first-order chi connectivity index (χ1) is 8.15. The lowest BCUT2D eigenvalue weighted by molar-refractivity contribution is -0.115. The molecule has 0 aliphatic carbocycles. The van der Waals surface area contributed by atoms with E-state index in [2.05, 4.69) is 10.6 Å². The fourth-order valence-corrected chi connectivity index (χ4v) is 1.56. The molecule has 4 heteroatoms. The molecule has 1 aliphatic rings. The summed E-state index contributed by atoms with van der Waals surface area (Å²) in [5.74, 6) is -0.393. The molecular weight excluding hydrogens is 216 g/mol. The van der Waals surface area contributed by atoms with Crippen LogP contribution in [0.2, 0.25) is 0 Å². The molecule has 1 saturated heterocycles. The Morgan fingerprint density at radius 3 is 2.41 bits per heavy atom. The van der Waals surface area contributed by atoms with Gasteiger partial charge in [-0.1, -0.05) is 36.4 Å². The van der Waals surface area contributed by atoms with E-state index >= 15 is 0 Å². The summed E-state index contributed by atoms with van der Waals surface area (Å²) >= 11 is 0. The van der Waals surface area contributed by atoms with Crippen LogP contribution in [-0.4, -0.2) is 11.9 Å². The second kappa shape index (κ2) is 4.65. The van der Waals surface area contributed by atoms with Gasteiger partial charge in [0.2, 0.25) is 0 Å². The molecule has 0 aromatic heterocycles. The number of hydrogen-bond donors (Lipinski definition) is 2. The molecule has 0 spiro atoms. The molecule has 4 nitrogen and oxygen atoms in total. The molecular formula is C13H12N2O2. The average molecular weight is 228 g/mol. The Hall–Kier alpha value is -2.36. The number of nitrogens with one attached hydrogen (secondary N) is 2. The van der Waals surface area contributed by atoms with E-state index in [1.807, 2.05) is 43.3 Å². The summed E-state index contributed by atoms with van der Waals surface area (Å²) in [7, 11) is 0. The average Bonchev–Trinajstić information content (AvgIpc) is 2.58. The molecule has 2 N–H and O–H groups in total. The third-order valence-corrected chi connectivity index (χ3v) is 2.29. The predicted molar refractivity (Wildman–Crippen MR) is 64.9 cm³/mol. The van der Waals surface area contributed by atoms with Gasteiger partial charge in [-0.05, 0) is 24.1 Å². The van der Waals surface area contributed by atoms with Crippen molar-refractivity contribution in [2.75, 3.05) is 0 Å². The van der Waals surface area contributed by atoms with Crippen LogP contribution in [0.25, 0.3) is 6.08 Å². The summed E-state index contributed by atoms with van der Waals surface area (Å²) in [5.41, 5.74) is 2.22. The van der Waals surface area contributed by atoms with Crippen molar-refractivity contribution >= 4 is 18.0 Å². The van der Waals surface area contributed by atoms with E-state index in [0.29, 0.717) is 0 Å². The third kappa shape index (κ3) is 2.81. The number of imide groups is 1. The van der Waals surface area contributed by atoms with Gasteiger partial charge in [0, 0.05) is 0 Å². The third-order valence-electron chi connectivity index (χ3n) is 2.29. The molecule has 1 aromatic carbocycles. The largest absolute Gasteiger partial charge is 0.326 e. The molecule has 17 heavy (non-hydrogen) atoms. The Labute approximate surface area is 99.0 Å². The van der Waals surface area contributed by atoms with Crippen LogP contribution < -0.4 is 10.6 Å². The minimum atomic E-state index is -0.478. The summed E-state index contributed by atoms with van der Waals surface area (Å²) in [5, 5.41) is 4.59. The van der Waals surface area contributed by atoms with Crippen molar-refractivity contribution in [3.8, 4) is 0 Å². The van der Waals surface area contributed by atoms with E-state index in [1.54, 1.807) is 6.08 Å². The van der Waals surface area contributed by atoms with Crippen LogP contribution in [0.4, 0.5) is 4.79 Å². The molecule has 2 rings (SSSR count). The van der Waals surface area contributed by atoms with Gasteiger partial charge in [-0.2, -0.15) is 0 Å². The molecule has 1 heterocycles. The first-order valence-corrected chi connectivity index (χ1v) is 5.22. The van der Waals surface area contributed by atoms with Gasteiger partial charge in [0.25, 0.3) is 5.91 Å². The number of allylic oxidation sites excluding steroid dienone is 2. The fraction of sp³-hybridized carbons (Fsp3) is 0.0769. The molecule has 0 saturated carbocycles. The molecule has 3 amide bonds. The fourth-order valence-electron chi connectivity index (χ4n) is 1.56. The van der Waals surface area contributed by atoms with E-state index in [4.69, 9.17) is 0 Å². The number of amides is 3. The van der Waals surface area contributed by atoms with Crippen LogP contribution in [0.3, 0.4) is 0 Å². The minimum Gasteiger partial charge on any atom is -0.303 e. The topological polar surface area (TPSA) is 58.2 Å². The van der Waals surface area contributed by atoms with Crippen LogP contribution in [-0.2, 0) is 4.79 Å². The van der Waals surface area contributed by atoms with Crippen molar-refractivity contribution in [2.24, 2.45) is 0 Å². The van der Waals surface area contributed by atoms with E-state index in [-0.39, 0.29) is 5.70 Å². The first kappa shape index (κ1) is 11.1. The van der Waals surface area contributed by atoms with Gasteiger partial charge in [-0.15, -0.1) is 0 Å². The van der Waals surface area contributed by atoms with Gasteiger partial charge in [0.1, 0.15) is 5.70 Å². The lowest BCUT2D eigenvalue weighted by Gasteiger charge is -1.97. The number of rotatable bonds is 2. The Morgan fingerprint density at radius 2 is 1.82 bits per heavy atom. The molecule has 1 aliphatic heterocycles. The highest BCUT2D eigenvalue weighted by Crippen LogP contribution is 2.09. The maximum absolute atomic E-state index is 11.3. The van der Waals surface area contributed by atoms with E-state index in [1.165, 1.54) is 0 Å². The van der Waals surface area contributed by atoms with Crippen LogP contribution in [0.5, 0.6) is 0 Å². The second-order valence-electron chi connectivity index (χ2n) is 3.77. The standard InChI is InChI=1S/C13H12N2O2/c1-9(7-10-5-3-2-4-6-10)8-11-12(16)15-13(17)14-11/h2-8H,1H3,(H2,14,15,16,17)/b9-7?,11-8+. The predicted octanol–water partition coefficient (Wildman–Crippen LogP) is 1.81. The zero-order chi connectivity index (χ0) is 12.3. The number of carbonyl (C=O) groups excluding carboxylic acids is 2. The van der Waals surface area contributed by atoms with E-state index in [0.717, 1.165) is 11.1 Å². The Kier molecular flexibility index (Phi) is 3.05. The smallest absolute Gasteiger partial charge is 0.303 e. The molecule has 0 radical (unpaired) electrons. The van der Waals surface area contributed by atoms with Gasteiger partial charge in [-0.25, -0.2) is 4.79 Å². The van der Waals surface area contributed by atoms with Crippen molar-refractivity contribution in [3.63, 3.8) is 0 Å². The maximum Gasteiger partial charge on any atom is 0.326 e. The minimum absolute atomic E-state index is 0.277. The highest BCUT2D eigenvalue weighted by Gasteiger charge is 2.22. The summed E-state index contributed by atoms with van der Waals surface area (Å²) in [6, 6.07) is 9.28. The number of hydrogen-bond acceptors (Lipinski definition) is 2. The molecule has 86 valence electrons. The van der Waals surface area contributed by atoms with Gasteiger partial charge in [-0.3, -0.25) is 10.1 Å². The van der Waals surface area contributed by atoms with Crippen LogP contribution in [0.15, 0.2) is 47.7 Å².